The quantitative estimate of drug-likeness (QED) is 0.293. The van der Waals surface area contributed by atoms with Crippen molar-refractivity contribution in [1.82, 2.24) is 19.6 Å². The van der Waals surface area contributed by atoms with Gasteiger partial charge >= 0.3 is 0 Å². The molecule has 0 fully saturated rings. The third-order valence-corrected chi connectivity index (χ3v) is 7.70. The van der Waals surface area contributed by atoms with E-state index >= 15 is 0 Å². The van der Waals surface area contributed by atoms with Crippen LogP contribution in [-0.2, 0) is 10.0 Å². The molecule has 1 atom stereocenters. The normalized spacial score (nSPS) is 13.0. The van der Waals surface area contributed by atoms with Gasteiger partial charge in [-0.15, -0.1) is 0 Å². The molecule has 190 valence electrons. The van der Waals surface area contributed by atoms with Gasteiger partial charge in [-0.25, -0.2) is 18.1 Å². The average Bonchev–Trinajstić information content (AvgIpc) is 2.77. The summed E-state index contributed by atoms with van der Waals surface area (Å²) in [6.45, 7) is 13.1. The van der Waals surface area contributed by atoms with E-state index in [4.69, 9.17) is 0 Å². The number of anilines is 3. The molecule has 0 amide bonds. The number of benzene rings is 1. The van der Waals surface area contributed by atoms with Gasteiger partial charge in [0.15, 0.2) is 0 Å². The van der Waals surface area contributed by atoms with E-state index in [-0.39, 0.29) is 17.5 Å². The minimum absolute atomic E-state index is 0.0199. The van der Waals surface area contributed by atoms with Gasteiger partial charge in [0, 0.05) is 37.1 Å². The third kappa shape index (κ3) is 7.88. The summed E-state index contributed by atoms with van der Waals surface area (Å²) < 4.78 is 29.5. The molecule has 1 aromatic carbocycles. The van der Waals surface area contributed by atoms with Crippen LogP contribution in [-0.4, -0.2) is 66.2 Å². The van der Waals surface area contributed by atoms with Crippen LogP contribution in [0.1, 0.15) is 46.6 Å². The van der Waals surface area contributed by atoms with Crippen molar-refractivity contribution in [1.29, 1.82) is 0 Å². The molecule has 4 N–H and O–H groups in total. The first kappa shape index (κ1) is 28.4. The van der Waals surface area contributed by atoms with Crippen LogP contribution in [0.2, 0.25) is 0 Å². The van der Waals surface area contributed by atoms with Gasteiger partial charge in [0.25, 0.3) is 0 Å². The standard InChI is InChI=1S/C23H37BrN6O3S/c1-7-18(14-31)27-22-20(24)13-25-23(29-22)28-19-9-8-17(6)21(12-19)34(32,33)26-10-11-30(15(2)3)16(4)5/h8-9,12-13,15-16,18,26,31H,7,10-11,14H2,1-6H3,(H2,25,27,28,29)/t18-/m1/s1. The number of aryl methyl sites for hydroxylation is 1. The highest BCUT2D eigenvalue weighted by atomic mass is 79.9. The Labute approximate surface area is 212 Å². The largest absolute Gasteiger partial charge is 0.394 e. The van der Waals surface area contributed by atoms with Crippen molar-refractivity contribution in [3.63, 3.8) is 0 Å². The fourth-order valence-electron chi connectivity index (χ4n) is 3.59. The topological polar surface area (TPSA) is 119 Å². The molecule has 34 heavy (non-hydrogen) atoms. The third-order valence-electron chi connectivity index (χ3n) is 5.52. The molecule has 0 bridgehead atoms. The van der Waals surface area contributed by atoms with Crippen LogP contribution < -0.4 is 15.4 Å². The van der Waals surface area contributed by atoms with E-state index in [1.54, 1.807) is 31.3 Å². The molecule has 2 aromatic rings. The molecule has 0 saturated carbocycles. The number of nitrogens with zero attached hydrogens (tertiary/aromatic N) is 3. The summed E-state index contributed by atoms with van der Waals surface area (Å²) in [4.78, 5) is 11.2. The van der Waals surface area contributed by atoms with Crippen molar-refractivity contribution in [3.8, 4) is 0 Å². The smallest absolute Gasteiger partial charge is 0.240 e. The van der Waals surface area contributed by atoms with E-state index in [1.165, 1.54) is 0 Å². The molecule has 0 spiro atoms. The zero-order valence-corrected chi connectivity index (χ0v) is 23.2. The molecular weight excluding hydrogens is 520 g/mol. The average molecular weight is 558 g/mol. The van der Waals surface area contributed by atoms with E-state index in [0.29, 0.717) is 52.7 Å². The first-order chi connectivity index (χ1) is 16.0. The Kier molecular flexibility index (Phi) is 10.7. The summed E-state index contributed by atoms with van der Waals surface area (Å²) in [6.07, 6.45) is 2.33. The monoisotopic (exact) mass is 556 g/mol. The van der Waals surface area contributed by atoms with Crippen molar-refractivity contribution in [2.75, 3.05) is 30.3 Å². The molecular formula is C23H37BrN6O3S. The number of halogens is 1. The summed E-state index contributed by atoms with van der Waals surface area (Å²) in [5.41, 5.74) is 1.20. The summed E-state index contributed by atoms with van der Waals surface area (Å²) >= 11 is 3.41. The molecule has 0 aliphatic heterocycles. The Morgan fingerprint density at radius 1 is 1.18 bits per heavy atom. The van der Waals surface area contributed by atoms with E-state index < -0.39 is 10.0 Å². The summed E-state index contributed by atoms with van der Waals surface area (Å²) in [5, 5.41) is 15.7. The zero-order valence-electron chi connectivity index (χ0n) is 20.8. The van der Waals surface area contributed by atoms with Gasteiger partial charge in [0.2, 0.25) is 16.0 Å². The number of hydrogen-bond acceptors (Lipinski definition) is 8. The summed E-state index contributed by atoms with van der Waals surface area (Å²) in [5.74, 6) is 0.850. The molecule has 0 aliphatic rings. The predicted octanol–water partition coefficient (Wildman–Crippen LogP) is 3.87. The number of aliphatic hydroxyl groups excluding tert-OH is 1. The molecule has 1 aromatic heterocycles. The van der Waals surface area contributed by atoms with Gasteiger partial charge < -0.3 is 15.7 Å². The number of hydrogen-bond donors (Lipinski definition) is 4. The van der Waals surface area contributed by atoms with E-state index in [9.17, 15) is 13.5 Å². The first-order valence-electron chi connectivity index (χ1n) is 11.5. The Balaban J connectivity index is 2.18. The lowest BCUT2D eigenvalue weighted by Crippen LogP contribution is -2.42. The van der Waals surface area contributed by atoms with Gasteiger partial charge in [0.1, 0.15) is 5.82 Å². The van der Waals surface area contributed by atoms with Crippen LogP contribution in [0.4, 0.5) is 17.5 Å². The van der Waals surface area contributed by atoms with Crippen molar-refractivity contribution < 1.29 is 13.5 Å². The number of sulfonamides is 1. The number of aromatic nitrogens is 2. The number of aliphatic hydroxyl groups is 1. The molecule has 0 saturated heterocycles. The van der Waals surface area contributed by atoms with E-state index in [2.05, 4.69) is 73.8 Å². The van der Waals surface area contributed by atoms with Gasteiger partial charge in [0.05, 0.1) is 22.0 Å². The number of rotatable bonds is 13. The lowest BCUT2D eigenvalue weighted by molar-refractivity contribution is 0.179. The van der Waals surface area contributed by atoms with Crippen LogP contribution in [0.3, 0.4) is 0 Å². The molecule has 0 unspecified atom stereocenters. The molecule has 0 aliphatic carbocycles. The van der Waals surface area contributed by atoms with Gasteiger partial charge in [-0.1, -0.05) is 13.0 Å². The molecule has 11 heteroatoms. The van der Waals surface area contributed by atoms with E-state index in [1.807, 2.05) is 6.92 Å². The lowest BCUT2D eigenvalue weighted by Gasteiger charge is -2.30. The maximum Gasteiger partial charge on any atom is 0.240 e. The van der Waals surface area contributed by atoms with Gasteiger partial charge in [-0.05, 0) is 74.7 Å². The highest BCUT2D eigenvalue weighted by Crippen LogP contribution is 2.25. The molecule has 0 radical (unpaired) electrons. The Bertz CT molecular complexity index is 1040. The van der Waals surface area contributed by atoms with Crippen molar-refractivity contribution in [2.24, 2.45) is 0 Å². The zero-order chi connectivity index (χ0) is 25.5. The van der Waals surface area contributed by atoms with Crippen LogP contribution in [0.25, 0.3) is 0 Å². The Hall–Kier alpha value is -1.79. The van der Waals surface area contributed by atoms with Crippen LogP contribution in [0.15, 0.2) is 33.8 Å². The van der Waals surface area contributed by atoms with Crippen molar-refractivity contribution in [3.05, 3.63) is 34.4 Å². The summed E-state index contributed by atoms with van der Waals surface area (Å²) in [6, 6.07) is 5.64. The molecule has 2 rings (SSSR count). The second-order valence-electron chi connectivity index (χ2n) is 8.75. The first-order valence-corrected chi connectivity index (χ1v) is 13.8. The van der Waals surface area contributed by atoms with Crippen molar-refractivity contribution >= 4 is 43.4 Å². The fourth-order valence-corrected chi connectivity index (χ4v) is 5.19. The highest BCUT2D eigenvalue weighted by Gasteiger charge is 2.20. The van der Waals surface area contributed by atoms with Gasteiger partial charge in [-0.2, -0.15) is 4.98 Å². The molecule has 9 nitrogen and oxygen atoms in total. The Morgan fingerprint density at radius 3 is 2.44 bits per heavy atom. The van der Waals surface area contributed by atoms with Crippen LogP contribution in [0, 0.1) is 6.92 Å². The second-order valence-corrected chi connectivity index (χ2v) is 11.3. The Morgan fingerprint density at radius 2 is 1.85 bits per heavy atom. The lowest BCUT2D eigenvalue weighted by atomic mass is 10.2. The maximum atomic E-state index is 13.0. The minimum atomic E-state index is -3.70. The highest BCUT2D eigenvalue weighted by molar-refractivity contribution is 9.10. The number of nitrogens with one attached hydrogen (secondary N) is 3. The van der Waals surface area contributed by atoms with Crippen molar-refractivity contribution in [2.45, 2.75) is 71.0 Å². The fraction of sp³-hybridized carbons (Fsp3) is 0.565. The predicted molar refractivity (Wildman–Crippen MR) is 141 cm³/mol. The SMILES string of the molecule is CC[C@H](CO)Nc1nc(Nc2ccc(C)c(S(=O)(=O)NCCN(C(C)C)C(C)C)c2)ncc1Br. The second kappa shape index (κ2) is 12.8. The minimum Gasteiger partial charge on any atom is -0.394 e. The maximum absolute atomic E-state index is 13.0. The molecule has 1 heterocycles. The summed E-state index contributed by atoms with van der Waals surface area (Å²) in [7, 11) is -3.70. The van der Waals surface area contributed by atoms with Gasteiger partial charge in [-0.3, -0.25) is 4.90 Å². The van der Waals surface area contributed by atoms with Crippen LogP contribution >= 0.6 is 15.9 Å². The van der Waals surface area contributed by atoms with E-state index in [0.717, 1.165) is 6.42 Å². The van der Waals surface area contributed by atoms with Crippen LogP contribution in [0.5, 0.6) is 0 Å².